The van der Waals surface area contributed by atoms with E-state index in [4.69, 9.17) is 9.84 Å². The smallest absolute Gasteiger partial charge is 0.0651 e. The molecule has 1 N–H and O–H groups in total. The van der Waals surface area contributed by atoms with Gasteiger partial charge in [0.05, 0.1) is 11.9 Å². The average Bonchev–Trinajstić information content (AvgIpc) is 3.03. The molecule has 0 bridgehead atoms. The van der Waals surface area contributed by atoms with Crippen LogP contribution in [-0.2, 0) is 11.2 Å². The minimum atomic E-state index is 0.442. The van der Waals surface area contributed by atoms with Gasteiger partial charge in [-0.15, -0.1) is 0 Å². The van der Waals surface area contributed by atoms with E-state index in [0.717, 1.165) is 32.5 Å². The summed E-state index contributed by atoms with van der Waals surface area (Å²) in [6.45, 7) is 6.11. The molecule has 1 aliphatic heterocycles. The van der Waals surface area contributed by atoms with Gasteiger partial charge in [-0.1, -0.05) is 6.07 Å². The molecular formula is C20H27N3O. The molecular weight excluding hydrogens is 298 g/mol. The SMILES string of the molecule is Cc1ccc(-n2ncc3c2CCCC3NC2CCOCC2)cc1C. The Kier molecular flexibility index (Phi) is 4.42. The van der Waals surface area contributed by atoms with Crippen LogP contribution in [0.2, 0.25) is 0 Å². The van der Waals surface area contributed by atoms with E-state index in [1.54, 1.807) is 0 Å². The minimum absolute atomic E-state index is 0.442. The Labute approximate surface area is 144 Å². The fraction of sp³-hybridized carbons (Fsp3) is 0.550. The standard InChI is InChI=1S/C20H27N3O/c1-14-6-7-17(12-15(14)2)23-20-5-3-4-19(18(20)13-21-23)22-16-8-10-24-11-9-16/h6-7,12-13,16,19,22H,3-5,8-11H2,1-2H3. The molecule has 0 saturated carbocycles. The number of nitrogens with one attached hydrogen (secondary N) is 1. The van der Waals surface area contributed by atoms with Crippen LogP contribution >= 0.6 is 0 Å². The fourth-order valence-corrected chi connectivity index (χ4v) is 3.96. The zero-order valence-corrected chi connectivity index (χ0v) is 14.7. The van der Waals surface area contributed by atoms with Crippen LogP contribution in [-0.4, -0.2) is 29.0 Å². The molecule has 24 heavy (non-hydrogen) atoms. The van der Waals surface area contributed by atoms with Gasteiger partial charge < -0.3 is 10.1 Å². The molecule has 1 unspecified atom stereocenters. The highest BCUT2D eigenvalue weighted by Gasteiger charge is 2.27. The lowest BCUT2D eigenvalue weighted by atomic mass is 9.91. The third kappa shape index (κ3) is 3.01. The van der Waals surface area contributed by atoms with Crippen molar-refractivity contribution in [3.05, 3.63) is 46.8 Å². The van der Waals surface area contributed by atoms with Crippen LogP contribution in [0.1, 0.15) is 54.1 Å². The van der Waals surface area contributed by atoms with Crippen molar-refractivity contribution < 1.29 is 4.74 Å². The summed E-state index contributed by atoms with van der Waals surface area (Å²) in [5, 5.41) is 8.60. The molecule has 1 aromatic heterocycles. The topological polar surface area (TPSA) is 39.1 Å². The lowest BCUT2D eigenvalue weighted by molar-refractivity contribution is 0.0741. The second-order valence-electron chi connectivity index (χ2n) is 7.23. The van der Waals surface area contributed by atoms with E-state index in [2.05, 4.69) is 48.2 Å². The van der Waals surface area contributed by atoms with E-state index in [1.165, 1.54) is 40.9 Å². The Morgan fingerprint density at radius 2 is 1.96 bits per heavy atom. The molecule has 0 amide bonds. The molecule has 128 valence electrons. The molecule has 2 heterocycles. The molecule has 1 fully saturated rings. The van der Waals surface area contributed by atoms with Crippen LogP contribution in [0, 0.1) is 13.8 Å². The lowest BCUT2D eigenvalue weighted by Crippen LogP contribution is -2.38. The Morgan fingerprint density at radius 1 is 1.12 bits per heavy atom. The number of hydrogen-bond acceptors (Lipinski definition) is 3. The van der Waals surface area contributed by atoms with Crippen LogP contribution in [0.15, 0.2) is 24.4 Å². The number of nitrogens with zero attached hydrogens (tertiary/aromatic N) is 2. The van der Waals surface area contributed by atoms with E-state index in [0.29, 0.717) is 12.1 Å². The predicted octanol–water partition coefficient (Wildman–Crippen LogP) is 3.64. The summed E-state index contributed by atoms with van der Waals surface area (Å²) in [7, 11) is 0. The first kappa shape index (κ1) is 15.9. The first-order valence-electron chi connectivity index (χ1n) is 9.20. The molecule has 1 atom stereocenters. The second-order valence-corrected chi connectivity index (χ2v) is 7.23. The molecule has 4 heteroatoms. The fourth-order valence-electron chi connectivity index (χ4n) is 3.96. The van der Waals surface area contributed by atoms with Crippen molar-refractivity contribution in [2.75, 3.05) is 13.2 Å². The minimum Gasteiger partial charge on any atom is -0.381 e. The van der Waals surface area contributed by atoms with Gasteiger partial charge in [0.25, 0.3) is 0 Å². The summed E-state index contributed by atoms with van der Waals surface area (Å²) in [5.74, 6) is 0. The molecule has 1 aliphatic carbocycles. The Bertz CT molecular complexity index is 716. The maximum Gasteiger partial charge on any atom is 0.0651 e. The van der Waals surface area contributed by atoms with E-state index < -0.39 is 0 Å². The van der Waals surface area contributed by atoms with Gasteiger partial charge in [0, 0.05) is 36.6 Å². The van der Waals surface area contributed by atoms with E-state index in [9.17, 15) is 0 Å². The van der Waals surface area contributed by atoms with Crippen LogP contribution in [0.4, 0.5) is 0 Å². The molecule has 0 spiro atoms. The Morgan fingerprint density at radius 3 is 2.75 bits per heavy atom. The van der Waals surface area contributed by atoms with Gasteiger partial charge in [-0.3, -0.25) is 0 Å². The zero-order valence-electron chi connectivity index (χ0n) is 14.7. The highest BCUT2D eigenvalue weighted by Crippen LogP contribution is 2.32. The van der Waals surface area contributed by atoms with E-state index in [1.807, 2.05) is 0 Å². The first-order chi connectivity index (χ1) is 11.7. The van der Waals surface area contributed by atoms with Gasteiger partial charge in [0.1, 0.15) is 0 Å². The van der Waals surface area contributed by atoms with Crippen LogP contribution < -0.4 is 5.32 Å². The maximum absolute atomic E-state index is 5.48. The monoisotopic (exact) mass is 325 g/mol. The largest absolute Gasteiger partial charge is 0.381 e. The van der Waals surface area contributed by atoms with E-state index in [-0.39, 0.29) is 0 Å². The second kappa shape index (κ2) is 6.69. The Balaban J connectivity index is 1.60. The normalized spacial score (nSPS) is 21.7. The molecule has 4 rings (SSSR count). The third-order valence-corrected chi connectivity index (χ3v) is 5.58. The van der Waals surface area contributed by atoms with E-state index >= 15 is 0 Å². The van der Waals surface area contributed by atoms with Crippen molar-refractivity contribution in [3.8, 4) is 5.69 Å². The summed E-state index contributed by atoms with van der Waals surface area (Å²) in [6, 6.07) is 7.65. The molecule has 1 saturated heterocycles. The first-order valence-corrected chi connectivity index (χ1v) is 9.20. The highest BCUT2D eigenvalue weighted by atomic mass is 16.5. The van der Waals surface area contributed by atoms with Crippen molar-refractivity contribution in [2.24, 2.45) is 0 Å². The lowest BCUT2D eigenvalue weighted by Gasteiger charge is -2.31. The van der Waals surface area contributed by atoms with Crippen molar-refractivity contribution >= 4 is 0 Å². The summed E-state index contributed by atoms with van der Waals surface area (Å²) in [5.41, 5.74) is 6.62. The summed E-state index contributed by atoms with van der Waals surface area (Å²) >= 11 is 0. The van der Waals surface area contributed by atoms with Crippen LogP contribution in [0.5, 0.6) is 0 Å². The number of hydrogen-bond donors (Lipinski definition) is 1. The quantitative estimate of drug-likeness (QED) is 0.936. The maximum atomic E-state index is 5.48. The van der Waals surface area contributed by atoms with Crippen LogP contribution in [0.25, 0.3) is 5.69 Å². The molecule has 2 aliphatic rings. The Hall–Kier alpha value is -1.65. The van der Waals surface area contributed by atoms with Gasteiger partial charge in [0.2, 0.25) is 0 Å². The van der Waals surface area contributed by atoms with Crippen molar-refractivity contribution in [3.63, 3.8) is 0 Å². The predicted molar refractivity (Wildman–Crippen MR) is 95.7 cm³/mol. The zero-order chi connectivity index (χ0) is 16.5. The van der Waals surface area contributed by atoms with Crippen molar-refractivity contribution in [1.82, 2.24) is 15.1 Å². The van der Waals surface area contributed by atoms with Crippen molar-refractivity contribution in [1.29, 1.82) is 0 Å². The molecule has 1 aromatic carbocycles. The molecule has 4 nitrogen and oxygen atoms in total. The number of ether oxygens (including phenoxy) is 1. The number of rotatable bonds is 3. The van der Waals surface area contributed by atoms with Crippen molar-refractivity contribution in [2.45, 2.75) is 58.0 Å². The number of benzene rings is 1. The van der Waals surface area contributed by atoms with Gasteiger partial charge >= 0.3 is 0 Å². The summed E-state index contributed by atoms with van der Waals surface area (Å²) < 4.78 is 7.64. The number of aromatic nitrogens is 2. The van der Waals surface area contributed by atoms with Gasteiger partial charge in [0.15, 0.2) is 0 Å². The summed E-state index contributed by atoms with van der Waals surface area (Å²) in [6.07, 6.45) is 7.89. The molecule has 0 radical (unpaired) electrons. The number of fused-ring (bicyclic) bond motifs is 1. The van der Waals surface area contributed by atoms with Crippen LogP contribution in [0.3, 0.4) is 0 Å². The molecule has 2 aromatic rings. The van der Waals surface area contributed by atoms with Gasteiger partial charge in [-0.05, 0) is 69.2 Å². The summed E-state index contributed by atoms with van der Waals surface area (Å²) in [4.78, 5) is 0. The number of aryl methyl sites for hydroxylation is 2. The van der Waals surface area contributed by atoms with Gasteiger partial charge in [-0.2, -0.15) is 5.10 Å². The van der Waals surface area contributed by atoms with Gasteiger partial charge in [-0.25, -0.2) is 4.68 Å². The third-order valence-electron chi connectivity index (χ3n) is 5.58. The average molecular weight is 325 g/mol. The highest BCUT2D eigenvalue weighted by molar-refractivity contribution is 5.42.